The van der Waals surface area contributed by atoms with E-state index >= 15 is 0 Å². The molecule has 0 aliphatic rings. The summed E-state index contributed by atoms with van der Waals surface area (Å²) in [7, 11) is 0. The largest absolute Gasteiger partial charge is 0.278 e. The van der Waals surface area contributed by atoms with Gasteiger partial charge >= 0.3 is 0 Å². The molecule has 0 bridgehead atoms. The van der Waals surface area contributed by atoms with Crippen LogP contribution < -0.4 is 5.43 Å². The lowest BCUT2D eigenvalue weighted by Crippen LogP contribution is -1.92. The van der Waals surface area contributed by atoms with Crippen LogP contribution in [0.15, 0.2) is 47.6 Å². The third-order valence-corrected chi connectivity index (χ3v) is 3.00. The molecule has 0 aliphatic carbocycles. The molecular formula is C15H15ClN2. The quantitative estimate of drug-likeness (QED) is 0.640. The van der Waals surface area contributed by atoms with Gasteiger partial charge in [0.1, 0.15) is 0 Å². The highest BCUT2D eigenvalue weighted by molar-refractivity contribution is 6.30. The number of benzene rings is 2. The number of hydrazone groups is 1. The Morgan fingerprint density at radius 2 is 1.89 bits per heavy atom. The fourth-order valence-corrected chi connectivity index (χ4v) is 1.78. The minimum atomic E-state index is 0.713. The van der Waals surface area contributed by atoms with E-state index in [2.05, 4.69) is 36.5 Å². The van der Waals surface area contributed by atoms with E-state index in [1.807, 2.05) is 30.3 Å². The van der Waals surface area contributed by atoms with Crippen LogP contribution in [0.25, 0.3) is 0 Å². The maximum absolute atomic E-state index is 5.90. The molecule has 2 rings (SSSR count). The smallest absolute Gasteiger partial charge is 0.0564 e. The normalized spacial score (nSPS) is 10.8. The van der Waals surface area contributed by atoms with Crippen LogP contribution in [0.5, 0.6) is 0 Å². The third kappa shape index (κ3) is 3.34. The van der Waals surface area contributed by atoms with Crippen molar-refractivity contribution in [2.45, 2.75) is 13.8 Å². The Balaban J connectivity index is 2.05. The highest BCUT2D eigenvalue weighted by Gasteiger charge is 1.94. The molecule has 0 aliphatic heterocycles. The minimum Gasteiger partial charge on any atom is -0.278 e. The van der Waals surface area contributed by atoms with Crippen molar-refractivity contribution in [1.29, 1.82) is 0 Å². The summed E-state index contributed by atoms with van der Waals surface area (Å²) in [5, 5.41) is 4.90. The summed E-state index contributed by atoms with van der Waals surface area (Å²) in [6.07, 6.45) is 1.75. The Morgan fingerprint density at radius 1 is 1.06 bits per heavy atom. The molecule has 2 aromatic carbocycles. The van der Waals surface area contributed by atoms with Gasteiger partial charge in [0.25, 0.3) is 0 Å². The number of nitrogens with one attached hydrogen (secondary N) is 1. The molecule has 0 saturated heterocycles. The van der Waals surface area contributed by atoms with E-state index in [-0.39, 0.29) is 0 Å². The molecule has 0 unspecified atom stereocenters. The first-order chi connectivity index (χ1) is 8.65. The molecule has 0 atom stereocenters. The van der Waals surface area contributed by atoms with Crippen molar-refractivity contribution in [3.63, 3.8) is 0 Å². The molecule has 92 valence electrons. The molecular weight excluding hydrogens is 244 g/mol. The molecule has 0 radical (unpaired) electrons. The lowest BCUT2D eigenvalue weighted by molar-refractivity contribution is 1.29. The number of nitrogens with zero attached hydrogens (tertiary/aromatic N) is 1. The number of hydrogen-bond donors (Lipinski definition) is 1. The first-order valence-electron chi connectivity index (χ1n) is 5.77. The molecule has 1 N–H and O–H groups in total. The second-order valence-electron chi connectivity index (χ2n) is 4.22. The maximum atomic E-state index is 5.90. The lowest BCUT2D eigenvalue weighted by Gasteiger charge is -2.04. The Morgan fingerprint density at radius 3 is 2.61 bits per heavy atom. The van der Waals surface area contributed by atoms with Gasteiger partial charge in [-0.1, -0.05) is 29.8 Å². The minimum absolute atomic E-state index is 0.713. The standard InChI is InChI=1S/C15H15ClN2/c1-11-6-7-15(8-12(11)2)18-17-10-13-4-3-5-14(16)9-13/h3-10,18H,1-2H3/b17-10+. The Bertz CT molecular complexity index is 576. The van der Waals surface area contributed by atoms with Gasteiger partial charge in [0, 0.05) is 5.02 Å². The van der Waals surface area contributed by atoms with Gasteiger partial charge in [-0.15, -0.1) is 0 Å². The van der Waals surface area contributed by atoms with Crippen molar-refractivity contribution in [3.05, 3.63) is 64.2 Å². The highest BCUT2D eigenvalue weighted by atomic mass is 35.5. The summed E-state index contributed by atoms with van der Waals surface area (Å²) in [6.45, 7) is 4.18. The second-order valence-corrected chi connectivity index (χ2v) is 4.66. The van der Waals surface area contributed by atoms with E-state index in [9.17, 15) is 0 Å². The Labute approximate surface area is 112 Å². The van der Waals surface area contributed by atoms with Crippen molar-refractivity contribution < 1.29 is 0 Å². The fourth-order valence-electron chi connectivity index (χ4n) is 1.58. The topological polar surface area (TPSA) is 24.4 Å². The lowest BCUT2D eigenvalue weighted by atomic mass is 10.1. The van der Waals surface area contributed by atoms with Crippen molar-refractivity contribution in [1.82, 2.24) is 0 Å². The van der Waals surface area contributed by atoms with E-state index in [4.69, 9.17) is 11.6 Å². The van der Waals surface area contributed by atoms with E-state index in [1.165, 1.54) is 11.1 Å². The molecule has 18 heavy (non-hydrogen) atoms. The van der Waals surface area contributed by atoms with Crippen molar-refractivity contribution in [2.75, 3.05) is 5.43 Å². The van der Waals surface area contributed by atoms with Crippen molar-refractivity contribution in [2.24, 2.45) is 5.10 Å². The summed E-state index contributed by atoms with van der Waals surface area (Å²) in [5.74, 6) is 0. The van der Waals surface area contributed by atoms with Gasteiger partial charge in [-0.2, -0.15) is 5.10 Å². The van der Waals surface area contributed by atoms with Crippen LogP contribution in [-0.2, 0) is 0 Å². The fraction of sp³-hybridized carbons (Fsp3) is 0.133. The van der Waals surface area contributed by atoms with Crippen LogP contribution >= 0.6 is 11.6 Å². The van der Waals surface area contributed by atoms with E-state index in [0.29, 0.717) is 5.02 Å². The predicted molar refractivity (Wildman–Crippen MR) is 78.6 cm³/mol. The molecule has 0 saturated carbocycles. The predicted octanol–water partition coefficient (Wildman–Crippen LogP) is 4.40. The molecule has 0 heterocycles. The second kappa shape index (κ2) is 5.69. The van der Waals surface area contributed by atoms with Gasteiger partial charge < -0.3 is 0 Å². The molecule has 3 heteroatoms. The first kappa shape index (κ1) is 12.7. The van der Waals surface area contributed by atoms with Gasteiger partial charge in [-0.3, -0.25) is 5.43 Å². The van der Waals surface area contributed by atoms with Gasteiger partial charge in [0.05, 0.1) is 11.9 Å². The first-order valence-corrected chi connectivity index (χ1v) is 6.15. The SMILES string of the molecule is Cc1ccc(N/N=C/c2cccc(Cl)c2)cc1C. The molecule has 0 aromatic heterocycles. The number of hydrogen-bond acceptors (Lipinski definition) is 2. The van der Waals surface area contributed by atoms with Crippen LogP contribution in [-0.4, -0.2) is 6.21 Å². The van der Waals surface area contributed by atoms with Crippen LogP contribution in [0.4, 0.5) is 5.69 Å². The van der Waals surface area contributed by atoms with Crippen LogP contribution in [0.2, 0.25) is 5.02 Å². The average molecular weight is 259 g/mol. The van der Waals surface area contributed by atoms with Gasteiger partial charge in [0.15, 0.2) is 0 Å². The third-order valence-electron chi connectivity index (χ3n) is 2.76. The van der Waals surface area contributed by atoms with Gasteiger partial charge in [0.2, 0.25) is 0 Å². The highest BCUT2D eigenvalue weighted by Crippen LogP contribution is 2.14. The summed E-state index contributed by atoms with van der Waals surface area (Å²) in [5.41, 5.74) is 7.49. The molecule has 0 amide bonds. The molecule has 2 aromatic rings. The van der Waals surface area contributed by atoms with E-state index in [1.54, 1.807) is 6.21 Å². The van der Waals surface area contributed by atoms with E-state index < -0.39 is 0 Å². The molecule has 0 fully saturated rings. The monoisotopic (exact) mass is 258 g/mol. The zero-order valence-electron chi connectivity index (χ0n) is 10.4. The number of aryl methyl sites for hydroxylation is 2. The van der Waals surface area contributed by atoms with Crippen LogP contribution in [0.1, 0.15) is 16.7 Å². The molecule has 0 spiro atoms. The summed E-state index contributed by atoms with van der Waals surface area (Å²) < 4.78 is 0. The zero-order valence-corrected chi connectivity index (χ0v) is 11.2. The Kier molecular flexibility index (Phi) is 4.00. The van der Waals surface area contributed by atoms with Crippen LogP contribution in [0, 0.1) is 13.8 Å². The summed E-state index contributed by atoms with van der Waals surface area (Å²) >= 11 is 5.90. The van der Waals surface area contributed by atoms with Crippen molar-refractivity contribution >= 4 is 23.5 Å². The number of rotatable bonds is 3. The number of anilines is 1. The maximum Gasteiger partial charge on any atom is 0.0564 e. The van der Waals surface area contributed by atoms with Crippen molar-refractivity contribution in [3.8, 4) is 0 Å². The van der Waals surface area contributed by atoms with Gasteiger partial charge in [-0.05, 0) is 54.8 Å². The number of halogens is 1. The zero-order chi connectivity index (χ0) is 13.0. The summed E-state index contributed by atoms with van der Waals surface area (Å²) in [6, 6.07) is 13.7. The van der Waals surface area contributed by atoms with Gasteiger partial charge in [-0.25, -0.2) is 0 Å². The molecule has 2 nitrogen and oxygen atoms in total. The van der Waals surface area contributed by atoms with Crippen LogP contribution in [0.3, 0.4) is 0 Å². The Hall–Kier alpha value is -1.80. The van der Waals surface area contributed by atoms with E-state index in [0.717, 1.165) is 11.3 Å². The average Bonchev–Trinajstić information content (AvgIpc) is 2.34. The summed E-state index contributed by atoms with van der Waals surface area (Å²) in [4.78, 5) is 0.